The van der Waals surface area contributed by atoms with Crippen molar-refractivity contribution in [1.29, 1.82) is 0 Å². The summed E-state index contributed by atoms with van der Waals surface area (Å²) in [7, 11) is 0. The molecule has 0 aliphatic carbocycles. The van der Waals surface area contributed by atoms with Crippen molar-refractivity contribution in [2.24, 2.45) is 11.5 Å². The monoisotopic (exact) mass is 389 g/mol. The van der Waals surface area contributed by atoms with E-state index in [1.54, 1.807) is 12.1 Å². The van der Waals surface area contributed by atoms with Crippen molar-refractivity contribution in [2.45, 2.75) is 0 Å². The zero-order chi connectivity index (χ0) is 19.7. The van der Waals surface area contributed by atoms with Crippen LogP contribution in [0, 0.1) is 5.82 Å². The largest absolute Gasteiger partial charge is 0.505 e. The first kappa shape index (κ1) is 18.2. The number of hydrogen-bond donors (Lipinski definition) is 4. The number of rotatable bonds is 4. The van der Waals surface area contributed by atoms with E-state index < -0.39 is 23.5 Å². The molecule has 8 nitrogen and oxygen atoms in total. The van der Waals surface area contributed by atoms with Gasteiger partial charge in [0.05, 0.1) is 22.6 Å². The summed E-state index contributed by atoms with van der Waals surface area (Å²) in [6.45, 7) is 0. The number of phenols is 1. The maximum atomic E-state index is 13.6. The molecule has 0 unspecified atom stereocenters. The number of carbonyl (C=O) groups excluding carboxylic acids is 2. The number of phenolic OH excluding ortho intramolecular Hbond substituents is 1. The molecule has 1 heterocycles. The number of urea groups is 1. The molecule has 1 aromatic heterocycles. The normalized spacial score (nSPS) is 10.6. The third kappa shape index (κ3) is 3.67. The van der Waals surface area contributed by atoms with Crippen molar-refractivity contribution in [3.63, 3.8) is 0 Å². The van der Waals surface area contributed by atoms with Crippen LogP contribution >= 0.6 is 11.6 Å². The molecule has 0 atom stereocenters. The van der Waals surface area contributed by atoms with Crippen LogP contribution in [0.2, 0.25) is 5.02 Å². The average molecular weight is 390 g/mol. The van der Waals surface area contributed by atoms with Crippen LogP contribution < -0.4 is 16.8 Å². The quantitative estimate of drug-likeness (QED) is 0.545. The Kier molecular flexibility index (Phi) is 4.70. The molecule has 138 valence electrons. The number of hydrogen-bond acceptors (Lipinski definition) is 4. The van der Waals surface area contributed by atoms with E-state index in [0.717, 1.165) is 6.07 Å². The number of aromatic nitrogens is 2. The van der Waals surface area contributed by atoms with Crippen LogP contribution in [0.25, 0.3) is 16.8 Å². The topological polar surface area (TPSA) is 136 Å². The van der Waals surface area contributed by atoms with Gasteiger partial charge in [0.25, 0.3) is 5.91 Å². The van der Waals surface area contributed by atoms with Gasteiger partial charge in [0.2, 0.25) is 0 Å². The summed E-state index contributed by atoms with van der Waals surface area (Å²) in [4.78, 5) is 22.5. The Morgan fingerprint density at radius 2 is 1.93 bits per heavy atom. The lowest BCUT2D eigenvalue weighted by Gasteiger charge is -2.08. The van der Waals surface area contributed by atoms with E-state index in [9.17, 15) is 19.1 Å². The van der Waals surface area contributed by atoms with Gasteiger partial charge in [0.1, 0.15) is 0 Å². The molecule has 0 fully saturated rings. The molecule has 0 radical (unpaired) electrons. The maximum absolute atomic E-state index is 13.6. The van der Waals surface area contributed by atoms with E-state index in [0.29, 0.717) is 16.8 Å². The van der Waals surface area contributed by atoms with Crippen LogP contribution in [-0.4, -0.2) is 26.8 Å². The summed E-state index contributed by atoms with van der Waals surface area (Å²) in [6, 6.07) is 7.81. The number of nitrogens with one attached hydrogen (secondary N) is 1. The van der Waals surface area contributed by atoms with Gasteiger partial charge in [-0.3, -0.25) is 4.79 Å². The standard InChI is InChI=1S/C17H13ClFN5O3/c18-11-6-9(2-3-10(11)8-1-4-14(25)12(19)5-8)24-7-13(22-17(21)27)15(23-24)16(20)26/h1-7,25H,(H2,20,26)(H3,21,22,27). The highest BCUT2D eigenvalue weighted by atomic mass is 35.5. The first-order valence-electron chi connectivity index (χ1n) is 7.51. The number of amides is 3. The van der Waals surface area contributed by atoms with E-state index in [4.69, 9.17) is 23.1 Å². The molecule has 3 amide bonds. The molecule has 27 heavy (non-hydrogen) atoms. The van der Waals surface area contributed by atoms with E-state index >= 15 is 0 Å². The van der Waals surface area contributed by atoms with Gasteiger partial charge in [-0.15, -0.1) is 0 Å². The summed E-state index contributed by atoms with van der Waals surface area (Å²) in [5.74, 6) is -2.08. The van der Waals surface area contributed by atoms with E-state index in [-0.39, 0.29) is 16.4 Å². The number of benzene rings is 2. The molecular weight excluding hydrogens is 377 g/mol. The lowest BCUT2D eigenvalue weighted by molar-refractivity contribution is 0.0996. The molecule has 0 saturated carbocycles. The molecule has 0 aliphatic rings. The number of aromatic hydroxyl groups is 1. The van der Waals surface area contributed by atoms with Gasteiger partial charge in [-0.2, -0.15) is 5.10 Å². The van der Waals surface area contributed by atoms with Gasteiger partial charge in [-0.1, -0.05) is 23.7 Å². The molecule has 6 N–H and O–H groups in total. The van der Waals surface area contributed by atoms with Crippen LogP contribution in [0.5, 0.6) is 5.75 Å². The first-order chi connectivity index (χ1) is 12.8. The van der Waals surface area contributed by atoms with Gasteiger partial charge >= 0.3 is 6.03 Å². The Labute approximate surface area is 157 Å². The summed E-state index contributed by atoms with van der Waals surface area (Å²) in [5.41, 5.74) is 11.6. The number of halogens is 2. The summed E-state index contributed by atoms with van der Waals surface area (Å²) in [6.07, 6.45) is 1.36. The molecule has 3 aromatic rings. The molecular formula is C17H13ClFN5O3. The van der Waals surface area contributed by atoms with Gasteiger partial charge in [-0.05, 0) is 29.8 Å². The fourth-order valence-corrected chi connectivity index (χ4v) is 2.75. The molecule has 0 bridgehead atoms. The van der Waals surface area contributed by atoms with Crippen LogP contribution in [0.3, 0.4) is 0 Å². The van der Waals surface area contributed by atoms with Gasteiger partial charge in [0.15, 0.2) is 17.3 Å². The van der Waals surface area contributed by atoms with E-state index in [1.807, 2.05) is 0 Å². The van der Waals surface area contributed by atoms with Crippen molar-refractivity contribution < 1.29 is 19.1 Å². The van der Waals surface area contributed by atoms with Crippen molar-refractivity contribution in [1.82, 2.24) is 9.78 Å². The number of carbonyl (C=O) groups is 2. The minimum absolute atomic E-state index is 0.0517. The average Bonchev–Trinajstić information content (AvgIpc) is 3.01. The predicted octanol–water partition coefficient (Wildman–Crippen LogP) is 2.63. The third-order valence-electron chi connectivity index (χ3n) is 3.68. The molecule has 0 spiro atoms. The van der Waals surface area contributed by atoms with E-state index in [1.165, 1.54) is 29.1 Å². The van der Waals surface area contributed by atoms with Crippen LogP contribution in [0.1, 0.15) is 10.5 Å². The minimum Gasteiger partial charge on any atom is -0.505 e. The van der Waals surface area contributed by atoms with Crippen molar-refractivity contribution in [3.8, 4) is 22.6 Å². The molecule has 0 aliphatic heterocycles. The highest BCUT2D eigenvalue weighted by molar-refractivity contribution is 6.33. The predicted molar refractivity (Wildman–Crippen MR) is 97.4 cm³/mol. The number of nitrogens with two attached hydrogens (primary N) is 2. The van der Waals surface area contributed by atoms with Gasteiger partial charge in [-0.25, -0.2) is 13.9 Å². The third-order valence-corrected chi connectivity index (χ3v) is 3.99. The van der Waals surface area contributed by atoms with Crippen molar-refractivity contribution >= 4 is 29.2 Å². The lowest BCUT2D eigenvalue weighted by Crippen LogP contribution is -2.22. The van der Waals surface area contributed by atoms with Crippen LogP contribution in [0.15, 0.2) is 42.6 Å². The zero-order valence-corrected chi connectivity index (χ0v) is 14.4. The SMILES string of the molecule is NC(=O)Nc1cn(-c2ccc(-c3ccc(O)c(F)c3)c(Cl)c2)nc1C(N)=O. The Morgan fingerprint density at radius 1 is 1.19 bits per heavy atom. The second-order valence-electron chi connectivity index (χ2n) is 5.52. The zero-order valence-electron chi connectivity index (χ0n) is 13.6. The Hall–Kier alpha value is -3.59. The fraction of sp³-hybridized carbons (Fsp3) is 0. The molecule has 2 aromatic carbocycles. The Balaban J connectivity index is 2.01. The van der Waals surface area contributed by atoms with Crippen LogP contribution in [-0.2, 0) is 0 Å². The summed E-state index contributed by atoms with van der Waals surface area (Å²) < 4.78 is 14.9. The summed E-state index contributed by atoms with van der Waals surface area (Å²) >= 11 is 6.29. The molecule has 10 heteroatoms. The number of nitrogens with zero attached hydrogens (tertiary/aromatic N) is 2. The second-order valence-corrected chi connectivity index (χ2v) is 5.93. The molecule has 3 rings (SSSR count). The highest BCUT2D eigenvalue weighted by Gasteiger charge is 2.17. The fourth-order valence-electron chi connectivity index (χ4n) is 2.47. The van der Waals surface area contributed by atoms with Crippen LogP contribution in [0.4, 0.5) is 14.9 Å². The summed E-state index contributed by atoms with van der Waals surface area (Å²) in [5, 5.41) is 15.9. The van der Waals surface area contributed by atoms with Crippen molar-refractivity contribution in [2.75, 3.05) is 5.32 Å². The van der Waals surface area contributed by atoms with Gasteiger partial charge in [0, 0.05) is 5.56 Å². The second kappa shape index (κ2) is 6.96. The van der Waals surface area contributed by atoms with E-state index in [2.05, 4.69) is 10.4 Å². The molecule has 0 saturated heterocycles. The number of anilines is 1. The number of primary amides is 2. The van der Waals surface area contributed by atoms with Gasteiger partial charge < -0.3 is 21.9 Å². The Bertz CT molecular complexity index is 1070. The lowest BCUT2D eigenvalue weighted by atomic mass is 10.0. The Morgan fingerprint density at radius 3 is 2.52 bits per heavy atom. The maximum Gasteiger partial charge on any atom is 0.316 e. The smallest absolute Gasteiger partial charge is 0.316 e. The highest BCUT2D eigenvalue weighted by Crippen LogP contribution is 2.32. The first-order valence-corrected chi connectivity index (χ1v) is 7.89. The van der Waals surface area contributed by atoms with Crippen molar-refractivity contribution in [3.05, 3.63) is 59.1 Å². The minimum atomic E-state index is -0.875.